The van der Waals surface area contributed by atoms with Crippen LogP contribution in [0.2, 0.25) is 0 Å². The standard InChI is InChI=1S/C23H29FN4O.HI/c1-25-22(27-16-23(11-12-23)19-8-5-9-20(24)15-19)26-13-10-17-6-4-7-18(14-17)21(29)28(2)3;/h4-9,14-15H,10-13,16H2,1-3H3,(H2,25,26,27);1H. The lowest BCUT2D eigenvalue weighted by molar-refractivity contribution is 0.0827. The molecule has 0 radical (unpaired) electrons. The zero-order valence-electron chi connectivity index (χ0n) is 17.7. The average molecular weight is 524 g/mol. The Bertz CT molecular complexity index is 896. The molecule has 7 heteroatoms. The molecule has 1 saturated carbocycles. The molecule has 0 aliphatic heterocycles. The molecular weight excluding hydrogens is 494 g/mol. The molecule has 5 nitrogen and oxygen atoms in total. The van der Waals surface area contributed by atoms with Crippen LogP contribution in [-0.4, -0.2) is 51.0 Å². The van der Waals surface area contributed by atoms with E-state index < -0.39 is 0 Å². The minimum Gasteiger partial charge on any atom is -0.356 e. The molecular formula is C23H30FIN4O. The van der Waals surface area contributed by atoms with Crippen molar-refractivity contribution < 1.29 is 9.18 Å². The molecule has 1 aliphatic rings. The number of rotatable bonds is 7. The van der Waals surface area contributed by atoms with E-state index in [1.807, 2.05) is 30.3 Å². The molecule has 0 bridgehead atoms. The lowest BCUT2D eigenvalue weighted by atomic mass is 9.96. The van der Waals surface area contributed by atoms with Crippen molar-refractivity contribution in [3.63, 3.8) is 0 Å². The quantitative estimate of drug-likeness (QED) is 0.331. The predicted molar refractivity (Wildman–Crippen MR) is 130 cm³/mol. The number of guanidine groups is 1. The number of nitrogens with zero attached hydrogens (tertiary/aromatic N) is 2. The summed E-state index contributed by atoms with van der Waals surface area (Å²) in [5, 5.41) is 6.70. The summed E-state index contributed by atoms with van der Waals surface area (Å²) < 4.78 is 13.6. The van der Waals surface area contributed by atoms with Gasteiger partial charge in [-0.3, -0.25) is 9.79 Å². The molecule has 3 rings (SSSR count). The van der Waals surface area contributed by atoms with Gasteiger partial charge in [-0.2, -0.15) is 0 Å². The number of amides is 1. The Kier molecular flexibility index (Phi) is 8.64. The highest BCUT2D eigenvalue weighted by atomic mass is 127. The Morgan fingerprint density at radius 2 is 1.87 bits per heavy atom. The van der Waals surface area contributed by atoms with Crippen LogP contribution in [0.1, 0.15) is 34.3 Å². The Morgan fingerprint density at radius 1 is 1.13 bits per heavy atom. The highest BCUT2D eigenvalue weighted by Gasteiger charge is 2.44. The molecule has 0 atom stereocenters. The molecule has 162 valence electrons. The lowest BCUT2D eigenvalue weighted by Crippen LogP contribution is -2.42. The van der Waals surface area contributed by atoms with Crippen molar-refractivity contribution >= 4 is 35.8 Å². The van der Waals surface area contributed by atoms with Crippen LogP contribution in [0.4, 0.5) is 4.39 Å². The van der Waals surface area contributed by atoms with Gasteiger partial charge in [0.15, 0.2) is 5.96 Å². The summed E-state index contributed by atoms with van der Waals surface area (Å²) in [6.07, 6.45) is 2.88. The lowest BCUT2D eigenvalue weighted by Gasteiger charge is -2.19. The van der Waals surface area contributed by atoms with E-state index in [2.05, 4.69) is 15.6 Å². The van der Waals surface area contributed by atoms with Crippen molar-refractivity contribution in [2.75, 3.05) is 34.2 Å². The van der Waals surface area contributed by atoms with E-state index in [4.69, 9.17) is 0 Å². The second kappa shape index (κ2) is 10.7. The van der Waals surface area contributed by atoms with Crippen LogP contribution in [0, 0.1) is 5.82 Å². The van der Waals surface area contributed by atoms with Crippen LogP contribution in [-0.2, 0) is 11.8 Å². The molecule has 0 saturated heterocycles. The first kappa shape index (κ1) is 24.1. The van der Waals surface area contributed by atoms with E-state index in [1.54, 1.807) is 38.2 Å². The SMILES string of the molecule is CN=C(NCCc1cccc(C(=O)N(C)C)c1)NCC1(c2cccc(F)c2)CC1.I. The van der Waals surface area contributed by atoms with Crippen LogP contribution < -0.4 is 10.6 Å². The van der Waals surface area contributed by atoms with E-state index in [-0.39, 0.29) is 41.1 Å². The van der Waals surface area contributed by atoms with E-state index in [0.29, 0.717) is 12.1 Å². The second-order valence-electron chi connectivity index (χ2n) is 7.79. The third-order valence-corrected chi connectivity index (χ3v) is 5.39. The summed E-state index contributed by atoms with van der Waals surface area (Å²) >= 11 is 0. The average Bonchev–Trinajstić information content (AvgIpc) is 3.51. The largest absolute Gasteiger partial charge is 0.356 e. The van der Waals surface area contributed by atoms with Gasteiger partial charge in [0.2, 0.25) is 0 Å². The fraction of sp³-hybridized carbons (Fsp3) is 0.391. The molecule has 1 aliphatic carbocycles. The topological polar surface area (TPSA) is 56.7 Å². The number of benzene rings is 2. The number of hydrogen-bond donors (Lipinski definition) is 2. The van der Waals surface area contributed by atoms with Crippen LogP contribution in [0.5, 0.6) is 0 Å². The van der Waals surface area contributed by atoms with E-state index in [9.17, 15) is 9.18 Å². The highest BCUT2D eigenvalue weighted by molar-refractivity contribution is 14.0. The summed E-state index contributed by atoms with van der Waals surface area (Å²) in [4.78, 5) is 18.0. The van der Waals surface area contributed by atoms with Crippen LogP contribution in [0.25, 0.3) is 0 Å². The van der Waals surface area contributed by atoms with Gasteiger partial charge in [0.25, 0.3) is 5.91 Å². The fourth-order valence-corrected chi connectivity index (χ4v) is 3.45. The molecule has 2 aromatic carbocycles. The zero-order valence-corrected chi connectivity index (χ0v) is 20.1. The molecule has 0 aromatic heterocycles. The second-order valence-corrected chi connectivity index (χ2v) is 7.79. The smallest absolute Gasteiger partial charge is 0.253 e. The minimum atomic E-state index is -0.189. The Morgan fingerprint density at radius 3 is 2.50 bits per heavy atom. The van der Waals surface area contributed by atoms with Crippen LogP contribution in [0.15, 0.2) is 53.5 Å². The maximum absolute atomic E-state index is 13.6. The normalized spacial score (nSPS) is 14.5. The van der Waals surface area contributed by atoms with Gasteiger partial charge in [0, 0.05) is 45.2 Å². The van der Waals surface area contributed by atoms with Crippen molar-refractivity contribution in [1.29, 1.82) is 0 Å². The molecule has 0 spiro atoms. The highest BCUT2D eigenvalue weighted by Crippen LogP contribution is 2.47. The number of aliphatic imine (C=N–C) groups is 1. The summed E-state index contributed by atoms with van der Waals surface area (Å²) in [7, 11) is 5.25. The first-order valence-electron chi connectivity index (χ1n) is 9.95. The zero-order chi connectivity index (χ0) is 20.9. The van der Waals surface area contributed by atoms with E-state index >= 15 is 0 Å². The van der Waals surface area contributed by atoms with E-state index in [1.165, 1.54) is 6.07 Å². The number of hydrogen-bond acceptors (Lipinski definition) is 2. The van der Waals surface area contributed by atoms with Crippen LogP contribution in [0.3, 0.4) is 0 Å². The summed E-state index contributed by atoms with van der Waals surface area (Å²) in [6, 6.07) is 14.6. The van der Waals surface area contributed by atoms with Gasteiger partial charge < -0.3 is 15.5 Å². The molecule has 0 unspecified atom stereocenters. The van der Waals surface area contributed by atoms with Gasteiger partial charge >= 0.3 is 0 Å². The van der Waals surface area contributed by atoms with Gasteiger partial charge in [-0.15, -0.1) is 24.0 Å². The van der Waals surface area contributed by atoms with Crippen molar-refractivity contribution in [1.82, 2.24) is 15.5 Å². The first-order chi connectivity index (χ1) is 13.9. The number of halogens is 2. The van der Waals surface area contributed by atoms with Gasteiger partial charge in [-0.1, -0.05) is 24.3 Å². The third-order valence-electron chi connectivity index (χ3n) is 5.39. The molecule has 2 N–H and O–H groups in total. The Hall–Kier alpha value is -2.16. The first-order valence-corrected chi connectivity index (χ1v) is 9.95. The van der Waals surface area contributed by atoms with Gasteiger partial charge in [0.1, 0.15) is 5.82 Å². The summed E-state index contributed by atoms with van der Waals surface area (Å²) in [5.41, 5.74) is 2.84. The van der Waals surface area contributed by atoms with Crippen molar-refractivity contribution in [2.45, 2.75) is 24.7 Å². The molecule has 1 fully saturated rings. The van der Waals surface area contributed by atoms with Gasteiger partial charge in [0.05, 0.1) is 0 Å². The van der Waals surface area contributed by atoms with Crippen LogP contribution >= 0.6 is 24.0 Å². The predicted octanol–water partition coefficient (Wildman–Crippen LogP) is 3.58. The third kappa shape index (κ3) is 6.17. The van der Waals surface area contributed by atoms with Crippen molar-refractivity contribution in [2.24, 2.45) is 4.99 Å². The Labute approximate surface area is 195 Å². The number of nitrogens with one attached hydrogen (secondary N) is 2. The van der Waals surface area contributed by atoms with Crippen molar-refractivity contribution in [3.05, 3.63) is 71.0 Å². The van der Waals surface area contributed by atoms with Gasteiger partial charge in [-0.05, 0) is 54.7 Å². The summed E-state index contributed by atoms with van der Waals surface area (Å²) in [5.74, 6) is 0.545. The molecule has 1 amide bonds. The number of carbonyl (C=O) groups is 1. The Balaban J connectivity index is 0.00000320. The molecule has 30 heavy (non-hydrogen) atoms. The molecule has 2 aromatic rings. The molecule has 0 heterocycles. The number of carbonyl (C=O) groups excluding carboxylic acids is 1. The van der Waals surface area contributed by atoms with Crippen molar-refractivity contribution in [3.8, 4) is 0 Å². The maximum Gasteiger partial charge on any atom is 0.253 e. The van der Waals surface area contributed by atoms with Gasteiger partial charge in [-0.25, -0.2) is 4.39 Å². The maximum atomic E-state index is 13.6. The fourth-order valence-electron chi connectivity index (χ4n) is 3.45. The van der Waals surface area contributed by atoms with E-state index in [0.717, 1.165) is 42.9 Å². The summed E-state index contributed by atoms with van der Waals surface area (Å²) in [6.45, 7) is 1.43. The minimum absolute atomic E-state index is 0. The monoisotopic (exact) mass is 524 g/mol.